The number of phenols is 1. The molecule has 118 valence electrons. The number of nitrogens with one attached hydrogen (secondary N) is 1. The average Bonchev–Trinajstić information content (AvgIpc) is 3.04. The van der Waals surface area contributed by atoms with Gasteiger partial charge in [-0.2, -0.15) is 0 Å². The van der Waals surface area contributed by atoms with Gasteiger partial charge < -0.3 is 14.8 Å². The number of carbonyl (C=O) groups is 2. The molecule has 0 saturated carbocycles. The van der Waals surface area contributed by atoms with Crippen LogP contribution in [0.3, 0.4) is 0 Å². The number of aromatic amines is 1. The molecule has 0 aliphatic rings. The van der Waals surface area contributed by atoms with Gasteiger partial charge >= 0.3 is 0 Å². The first-order chi connectivity index (χ1) is 11.1. The topological polar surface area (TPSA) is 92.3 Å². The van der Waals surface area contributed by atoms with Crippen molar-refractivity contribution < 1.29 is 19.4 Å². The number of rotatable bonds is 7. The summed E-state index contributed by atoms with van der Waals surface area (Å²) in [4.78, 5) is 30.2. The molecule has 2 rings (SSSR count). The van der Waals surface area contributed by atoms with Crippen molar-refractivity contribution in [1.82, 2.24) is 9.97 Å². The fourth-order valence-electron chi connectivity index (χ4n) is 1.83. The molecule has 2 aromatic rings. The van der Waals surface area contributed by atoms with Crippen LogP contribution in [-0.4, -0.2) is 33.8 Å². The maximum absolute atomic E-state index is 11.7. The lowest BCUT2D eigenvalue weighted by molar-refractivity contribution is -0.121. The summed E-state index contributed by atoms with van der Waals surface area (Å²) >= 11 is 0. The maximum Gasteiger partial charge on any atom is 0.163 e. The van der Waals surface area contributed by atoms with Gasteiger partial charge in [0.05, 0.1) is 13.5 Å². The van der Waals surface area contributed by atoms with E-state index in [4.69, 9.17) is 4.74 Å². The van der Waals surface area contributed by atoms with Gasteiger partial charge in [-0.25, -0.2) is 4.98 Å². The van der Waals surface area contributed by atoms with E-state index >= 15 is 0 Å². The van der Waals surface area contributed by atoms with Gasteiger partial charge in [0.1, 0.15) is 5.82 Å². The van der Waals surface area contributed by atoms with Gasteiger partial charge in [-0.1, -0.05) is 12.1 Å². The first kappa shape index (κ1) is 16.2. The third-order valence-corrected chi connectivity index (χ3v) is 2.96. The van der Waals surface area contributed by atoms with Crippen molar-refractivity contribution in [2.45, 2.75) is 6.42 Å². The van der Waals surface area contributed by atoms with Crippen LogP contribution in [0.2, 0.25) is 0 Å². The van der Waals surface area contributed by atoms with E-state index < -0.39 is 0 Å². The molecule has 0 aliphatic carbocycles. The second kappa shape index (κ2) is 7.74. The fourth-order valence-corrected chi connectivity index (χ4v) is 1.83. The Bertz CT molecular complexity index is 746. The summed E-state index contributed by atoms with van der Waals surface area (Å²) in [5.41, 5.74) is 0.634. The molecular formula is C17H16N2O4. The molecular weight excluding hydrogens is 296 g/mol. The normalized spacial score (nSPS) is 11.2. The minimum atomic E-state index is -0.325. The highest BCUT2D eigenvalue weighted by atomic mass is 16.5. The zero-order valence-corrected chi connectivity index (χ0v) is 12.5. The van der Waals surface area contributed by atoms with Gasteiger partial charge in [0.2, 0.25) is 0 Å². The number of H-pyrrole nitrogens is 1. The molecule has 0 bridgehead atoms. The summed E-state index contributed by atoms with van der Waals surface area (Å²) in [5, 5.41) is 9.65. The lowest BCUT2D eigenvalue weighted by Gasteiger charge is -2.03. The van der Waals surface area contributed by atoms with E-state index in [0.29, 0.717) is 17.1 Å². The Labute approximate surface area is 133 Å². The van der Waals surface area contributed by atoms with Crippen LogP contribution in [0.25, 0.3) is 12.2 Å². The van der Waals surface area contributed by atoms with Crippen LogP contribution >= 0.6 is 0 Å². The Morgan fingerprint density at radius 3 is 2.61 bits per heavy atom. The van der Waals surface area contributed by atoms with Crippen LogP contribution in [-0.2, 0) is 9.59 Å². The quantitative estimate of drug-likeness (QED) is 0.605. The van der Waals surface area contributed by atoms with Gasteiger partial charge in [-0.3, -0.25) is 9.59 Å². The van der Waals surface area contributed by atoms with Crippen LogP contribution in [0.4, 0.5) is 0 Å². The molecule has 0 atom stereocenters. The van der Waals surface area contributed by atoms with E-state index in [1.165, 1.54) is 37.5 Å². The minimum Gasteiger partial charge on any atom is -0.504 e. The van der Waals surface area contributed by atoms with Gasteiger partial charge in [0, 0.05) is 12.4 Å². The van der Waals surface area contributed by atoms with Crippen LogP contribution in [0.1, 0.15) is 17.8 Å². The molecule has 1 aromatic heterocycles. The summed E-state index contributed by atoms with van der Waals surface area (Å²) in [6.45, 7) is 0. The van der Waals surface area contributed by atoms with E-state index in [-0.39, 0.29) is 23.7 Å². The lowest BCUT2D eigenvalue weighted by Crippen LogP contribution is -2.02. The molecule has 0 saturated heterocycles. The Kier molecular flexibility index (Phi) is 5.46. The van der Waals surface area contributed by atoms with Crippen LogP contribution in [0.15, 0.2) is 42.7 Å². The number of hydrogen-bond acceptors (Lipinski definition) is 5. The Hall–Kier alpha value is -3.15. The van der Waals surface area contributed by atoms with Gasteiger partial charge in [-0.05, 0) is 35.9 Å². The van der Waals surface area contributed by atoms with Crippen LogP contribution in [0, 0.1) is 0 Å². The molecule has 23 heavy (non-hydrogen) atoms. The maximum atomic E-state index is 11.7. The number of aromatic hydroxyl groups is 1. The molecule has 2 N–H and O–H groups in total. The second-order valence-corrected chi connectivity index (χ2v) is 4.68. The zero-order chi connectivity index (χ0) is 16.7. The molecule has 0 amide bonds. The number of phenolic OH excluding ortho intramolecular Hbond substituents is 1. The first-order valence-corrected chi connectivity index (χ1v) is 6.86. The third kappa shape index (κ3) is 4.96. The third-order valence-electron chi connectivity index (χ3n) is 2.96. The molecule has 6 heteroatoms. The lowest BCUT2D eigenvalue weighted by atomic mass is 10.1. The predicted molar refractivity (Wildman–Crippen MR) is 85.9 cm³/mol. The molecule has 0 fully saturated rings. The predicted octanol–water partition coefficient (Wildman–Crippen LogP) is 2.38. The van der Waals surface area contributed by atoms with Gasteiger partial charge in [0.15, 0.2) is 23.1 Å². The first-order valence-electron chi connectivity index (χ1n) is 6.86. The standard InChI is InChI=1S/C17H16N2O4/c1-23-16-6-3-12(10-15(16)22)2-4-13(20)11-14(21)5-7-17-18-8-9-19-17/h2-10,22H,11H2,1H3,(H,18,19)/b4-2+,7-5+. The van der Waals surface area contributed by atoms with Crippen molar-refractivity contribution >= 4 is 23.7 Å². The highest BCUT2D eigenvalue weighted by molar-refractivity contribution is 6.10. The van der Waals surface area contributed by atoms with Crippen LogP contribution in [0.5, 0.6) is 11.5 Å². The number of carbonyl (C=O) groups excluding carboxylic acids is 2. The minimum absolute atomic E-state index is 0.0143. The summed E-state index contributed by atoms with van der Waals surface area (Å²) in [6, 6.07) is 4.76. The van der Waals surface area contributed by atoms with Crippen molar-refractivity contribution in [2.24, 2.45) is 0 Å². The van der Waals surface area contributed by atoms with Crippen molar-refractivity contribution in [1.29, 1.82) is 0 Å². The van der Waals surface area contributed by atoms with Gasteiger partial charge in [0.25, 0.3) is 0 Å². The van der Waals surface area contributed by atoms with E-state index in [0.717, 1.165) is 0 Å². The number of benzene rings is 1. The molecule has 6 nitrogen and oxygen atoms in total. The zero-order valence-electron chi connectivity index (χ0n) is 12.5. The van der Waals surface area contributed by atoms with E-state index in [2.05, 4.69) is 9.97 Å². The number of ketones is 2. The number of ether oxygens (including phenoxy) is 1. The number of hydrogen-bond donors (Lipinski definition) is 2. The number of methoxy groups -OCH3 is 1. The molecule has 0 spiro atoms. The van der Waals surface area contributed by atoms with Gasteiger partial charge in [-0.15, -0.1) is 0 Å². The highest BCUT2D eigenvalue weighted by Gasteiger charge is 2.05. The average molecular weight is 312 g/mol. The van der Waals surface area contributed by atoms with Crippen molar-refractivity contribution in [2.75, 3.05) is 7.11 Å². The Morgan fingerprint density at radius 2 is 2.00 bits per heavy atom. The molecule has 0 unspecified atom stereocenters. The molecule has 0 radical (unpaired) electrons. The number of nitrogens with zero attached hydrogens (tertiary/aromatic N) is 1. The monoisotopic (exact) mass is 312 g/mol. The number of imidazole rings is 1. The summed E-state index contributed by atoms with van der Waals surface area (Å²) in [5.74, 6) is 0.254. The van der Waals surface area contributed by atoms with E-state index in [1.54, 1.807) is 24.5 Å². The Balaban J connectivity index is 1.91. The fraction of sp³-hybridized carbons (Fsp3) is 0.118. The molecule has 1 aromatic carbocycles. The molecule has 0 aliphatic heterocycles. The SMILES string of the molecule is COc1ccc(/C=C/C(=O)CC(=O)/C=C/c2ncc[nH]2)cc1O. The molecule has 1 heterocycles. The largest absolute Gasteiger partial charge is 0.504 e. The van der Waals surface area contributed by atoms with E-state index in [1.807, 2.05) is 0 Å². The van der Waals surface area contributed by atoms with E-state index in [9.17, 15) is 14.7 Å². The number of aromatic nitrogens is 2. The van der Waals surface area contributed by atoms with Crippen LogP contribution < -0.4 is 4.74 Å². The van der Waals surface area contributed by atoms with Crippen molar-refractivity contribution in [3.63, 3.8) is 0 Å². The van der Waals surface area contributed by atoms with Crippen molar-refractivity contribution in [3.05, 3.63) is 54.1 Å². The van der Waals surface area contributed by atoms with Crippen molar-refractivity contribution in [3.8, 4) is 11.5 Å². The second-order valence-electron chi connectivity index (χ2n) is 4.68. The number of allylic oxidation sites excluding steroid dienone is 2. The Morgan fingerprint density at radius 1 is 1.26 bits per heavy atom. The smallest absolute Gasteiger partial charge is 0.163 e. The summed E-state index contributed by atoms with van der Waals surface area (Å²) in [6.07, 6.45) is 8.65. The highest BCUT2D eigenvalue weighted by Crippen LogP contribution is 2.26. The summed E-state index contributed by atoms with van der Waals surface area (Å²) < 4.78 is 4.93. The summed E-state index contributed by atoms with van der Waals surface area (Å²) in [7, 11) is 1.45.